The van der Waals surface area contributed by atoms with E-state index in [1.807, 2.05) is 111 Å². The zero-order chi connectivity index (χ0) is 21.1. The molecule has 0 radical (unpaired) electrons. The zero-order valence-electron chi connectivity index (χ0n) is 17.1. The van der Waals surface area contributed by atoms with Crippen molar-refractivity contribution in [1.29, 1.82) is 0 Å². The van der Waals surface area contributed by atoms with E-state index in [1.165, 1.54) is 0 Å². The fraction of sp³-hybridized carbons (Fsp3) is 0.0714. The van der Waals surface area contributed by atoms with E-state index in [4.69, 9.17) is 0 Å². The lowest BCUT2D eigenvalue weighted by atomic mass is 9.96. The quantitative estimate of drug-likeness (QED) is 0.368. The molecule has 2 heteroatoms. The van der Waals surface area contributed by atoms with Crippen molar-refractivity contribution in [3.8, 4) is 11.1 Å². The first kappa shape index (κ1) is 19.5. The maximum Gasteiger partial charge on any atom is 0.193 e. The van der Waals surface area contributed by atoms with Gasteiger partial charge >= 0.3 is 0 Å². The van der Waals surface area contributed by atoms with E-state index >= 15 is 0 Å². The van der Waals surface area contributed by atoms with Gasteiger partial charge in [0.25, 0.3) is 0 Å². The van der Waals surface area contributed by atoms with E-state index in [1.54, 1.807) is 0 Å². The molecule has 2 nitrogen and oxygen atoms in total. The van der Waals surface area contributed by atoms with Crippen LogP contribution in [0.15, 0.2) is 97.1 Å². The highest BCUT2D eigenvalue weighted by molar-refractivity contribution is 6.10. The molecule has 0 N–H and O–H groups in total. The maximum atomic E-state index is 12.7. The summed E-state index contributed by atoms with van der Waals surface area (Å²) in [7, 11) is 0. The predicted molar refractivity (Wildman–Crippen MR) is 121 cm³/mol. The van der Waals surface area contributed by atoms with Crippen molar-refractivity contribution in [2.24, 2.45) is 0 Å². The Morgan fingerprint density at radius 3 is 1.17 bits per heavy atom. The molecule has 0 amide bonds. The van der Waals surface area contributed by atoms with Gasteiger partial charge in [0.05, 0.1) is 0 Å². The monoisotopic (exact) mass is 390 g/mol. The van der Waals surface area contributed by atoms with Gasteiger partial charge in [0.15, 0.2) is 11.6 Å². The highest BCUT2D eigenvalue weighted by Gasteiger charge is 2.11. The lowest BCUT2D eigenvalue weighted by Gasteiger charge is -2.07. The van der Waals surface area contributed by atoms with E-state index < -0.39 is 0 Å². The van der Waals surface area contributed by atoms with Crippen molar-refractivity contribution in [3.05, 3.63) is 130 Å². The Kier molecular flexibility index (Phi) is 5.40. The van der Waals surface area contributed by atoms with E-state index in [-0.39, 0.29) is 11.6 Å². The minimum absolute atomic E-state index is 0.0179. The smallest absolute Gasteiger partial charge is 0.193 e. The highest BCUT2D eigenvalue weighted by atomic mass is 16.1. The molecule has 146 valence electrons. The molecule has 0 saturated carbocycles. The third-order valence-electron chi connectivity index (χ3n) is 5.19. The zero-order valence-corrected chi connectivity index (χ0v) is 17.1. The van der Waals surface area contributed by atoms with Gasteiger partial charge in [-0.25, -0.2) is 0 Å². The molecule has 0 aliphatic heterocycles. The number of ketones is 2. The van der Waals surface area contributed by atoms with Gasteiger partial charge in [0, 0.05) is 22.3 Å². The van der Waals surface area contributed by atoms with Crippen LogP contribution in [0.25, 0.3) is 11.1 Å². The van der Waals surface area contributed by atoms with Crippen molar-refractivity contribution in [1.82, 2.24) is 0 Å². The average Bonchev–Trinajstić information content (AvgIpc) is 2.78. The number of rotatable bonds is 5. The van der Waals surface area contributed by atoms with Gasteiger partial charge in [-0.3, -0.25) is 9.59 Å². The van der Waals surface area contributed by atoms with Crippen molar-refractivity contribution >= 4 is 11.6 Å². The first-order valence-electron chi connectivity index (χ1n) is 9.94. The van der Waals surface area contributed by atoms with Crippen molar-refractivity contribution in [2.75, 3.05) is 0 Å². The van der Waals surface area contributed by atoms with Gasteiger partial charge in [-0.15, -0.1) is 0 Å². The van der Waals surface area contributed by atoms with Crippen LogP contribution < -0.4 is 0 Å². The summed E-state index contributed by atoms with van der Waals surface area (Å²) in [6, 6.07) is 30.4. The Morgan fingerprint density at radius 2 is 0.833 bits per heavy atom. The largest absolute Gasteiger partial charge is 0.289 e. The van der Waals surface area contributed by atoms with Gasteiger partial charge < -0.3 is 0 Å². The minimum Gasteiger partial charge on any atom is -0.289 e. The lowest BCUT2D eigenvalue weighted by Crippen LogP contribution is -2.02. The Balaban J connectivity index is 1.53. The molecule has 0 unspecified atom stereocenters. The van der Waals surface area contributed by atoms with Crippen LogP contribution in [-0.2, 0) is 0 Å². The molecule has 0 aliphatic rings. The average molecular weight is 390 g/mol. The molecule has 0 aromatic heterocycles. The Labute approximate surface area is 176 Å². The first-order valence-corrected chi connectivity index (χ1v) is 9.94. The molecule has 0 spiro atoms. The first-order chi connectivity index (χ1) is 14.5. The second kappa shape index (κ2) is 8.30. The highest BCUT2D eigenvalue weighted by Crippen LogP contribution is 2.23. The molecule has 4 aromatic carbocycles. The number of carbonyl (C=O) groups is 2. The third kappa shape index (κ3) is 4.13. The van der Waals surface area contributed by atoms with Crippen molar-refractivity contribution < 1.29 is 9.59 Å². The number of aryl methyl sites for hydroxylation is 2. The van der Waals surface area contributed by atoms with Crippen LogP contribution in [0.5, 0.6) is 0 Å². The SMILES string of the molecule is Cc1cccc(C(=O)c2ccc(-c3ccc(C(=O)c4cccc(C)c4)cc3)cc2)c1. The van der Waals surface area contributed by atoms with Gasteiger partial charge in [-0.05, 0) is 37.1 Å². The molecule has 0 bridgehead atoms. The van der Waals surface area contributed by atoms with E-state index in [0.717, 1.165) is 22.3 Å². The Morgan fingerprint density at radius 1 is 0.467 bits per heavy atom. The lowest BCUT2D eigenvalue weighted by molar-refractivity contribution is 0.103. The molecule has 0 fully saturated rings. The second-order valence-corrected chi connectivity index (χ2v) is 7.55. The van der Waals surface area contributed by atoms with Crippen LogP contribution in [0.1, 0.15) is 43.0 Å². The number of hydrogen-bond acceptors (Lipinski definition) is 2. The number of benzene rings is 4. The number of hydrogen-bond donors (Lipinski definition) is 0. The summed E-state index contributed by atoms with van der Waals surface area (Å²) in [5.41, 5.74) is 6.86. The van der Waals surface area contributed by atoms with E-state index in [2.05, 4.69) is 0 Å². The summed E-state index contributed by atoms with van der Waals surface area (Å²) in [6.07, 6.45) is 0. The van der Waals surface area contributed by atoms with E-state index in [9.17, 15) is 9.59 Å². The fourth-order valence-corrected chi connectivity index (χ4v) is 3.53. The summed E-state index contributed by atoms with van der Waals surface area (Å²) in [5, 5.41) is 0. The van der Waals surface area contributed by atoms with Crippen molar-refractivity contribution in [3.63, 3.8) is 0 Å². The van der Waals surface area contributed by atoms with Crippen LogP contribution in [-0.4, -0.2) is 11.6 Å². The van der Waals surface area contributed by atoms with Crippen LogP contribution in [0.4, 0.5) is 0 Å². The standard InChI is InChI=1S/C28H22O2/c1-19-5-3-7-25(17-19)27(29)23-13-9-21(10-14-23)22-11-15-24(16-12-22)28(30)26-8-4-6-20(2)18-26/h3-18H,1-2H3. The predicted octanol–water partition coefficient (Wildman–Crippen LogP) is 6.43. The Bertz CT molecular complexity index is 1120. The maximum absolute atomic E-state index is 12.7. The van der Waals surface area contributed by atoms with Crippen molar-refractivity contribution in [2.45, 2.75) is 13.8 Å². The summed E-state index contributed by atoms with van der Waals surface area (Å²) in [4.78, 5) is 25.4. The normalized spacial score (nSPS) is 10.6. The molecule has 4 aromatic rings. The fourth-order valence-electron chi connectivity index (χ4n) is 3.53. The van der Waals surface area contributed by atoms with Crippen LogP contribution in [0.2, 0.25) is 0 Å². The summed E-state index contributed by atoms with van der Waals surface area (Å²) >= 11 is 0. The van der Waals surface area contributed by atoms with Gasteiger partial charge in [0.2, 0.25) is 0 Å². The summed E-state index contributed by atoms with van der Waals surface area (Å²) in [6.45, 7) is 3.96. The third-order valence-corrected chi connectivity index (χ3v) is 5.19. The Hall–Kier alpha value is -3.78. The van der Waals surface area contributed by atoms with Crippen LogP contribution in [0.3, 0.4) is 0 Å². The molecule has 0 atom stereocenters. The van der Waals surface area contributed by atoms with E-state index in [0.29, 0.717) is 22.3 Å². The van der Waals surface area contributed by atoms with Crippen LogP contribution in [0, 0.1) is 13.8 Å². The molecule has 0 saturated heterocycles. The molecule has 30 heavy (non-hydrogen) atoms. The second-order valence-electron chi connectivity index (χ2n) is 7.55. The molecular weight excluding hydrogens is 368 g/mol. The summed E-state index contributed by atoms with van der Waals surface area (Å²) in [5.74, 6) is 0.0358. The van der Waals surface area contributed by atoms with Gasteiger partial charge in [-0.2, -0.15) is 0 Å². The minimum atomic E-state index is 0.0179. The molecule has 0 heterocycles. The topological polar surface area (TPSA) is 34.1 Å². The van der Waals surface area contributed by atoms with Crippen LogP contribution >= 0.6 is 0 Å². The van der Waals surface area contributed by atoms with Gasteiger partial charge in [0.1, 0.15) is 0 Å². The molecule has 0 aliphatic carbocycles. The number of carbonyl (C=O) groups excluding carboxylic acids is 2. The molecular formula is C28H22O2. The molecule has 4 rings (SSSR count). The van der Waals surface area contributed by atoms with Gasteiger partial charge in [-0.1, -0.05) is 96.1 Å². The summed E-state index contributed by atoms with van der Waals surface area (Å²) < 4.78 is 0.